The highest BCUT2D eigenvalue weighted by Crippen LogP contribution is 2.46. The van der Waals surface area contributed by atoms with E-state index in [0.29, 0.717) is 36.4 Å². The first-order chi connectivity index (χ1) is 15.0. The number of nitrogens with two attached hydrogens (primary N) is 1. The van der Waals surface area contributed by atoms with Crippen LogP contribution in [0.5, 0.6) is 5.75 Å². The average molecular weight is 489 g/mol. The Morgan fingerprint density at radius 3 is 2.28 bits per heavy atom. The third kappa shape index (κ3) is 4.46. The smallest absolute Gasteiger partial charge is 0.387 e. The SMILES string of the molecule is CC(C)(O)c1ncc([S@@](N)(=O)=NC(O)Nc2c3c(c(OC(F)F)c4c2CCC4)CCC3)s1. The van der Waals surface area contributed by atoms with Gasteiger partial charge in [-0.2, -0.15) is 13.1 Å². The summed E-state index contributed by atoms with van der Waals surface area (Å²) in [6.45, 7) is 0.188. The molecule has 0 bridgehead atoms. The summed E-state index contributed by atoms with van der Waals surface area (Å²) in [5, 5.41) is 29.8. The maximum atomic E-state index is 13.0. The van der Waals surface area contributed by atoms with Gasteiger partial charge < -0.3 is 20.3 Å². The molecule has 0 amide bonds. The Labute approximate surface area is 189 Å². The predicted octanol–water partition coefficient (Wildman–Crippen LogP) is 3.04. The van der Waals surface area contributed by atoms with Crippen LogP contribution in [0.25, 0.3) is 0 Å². The number of nitrogens with zero attached hydrogens (tertiary/aromatic N) is 2. The molecule has 0 fully saturated rings. The number of halogens is 2. The molecule has 1 heterocycles. The van der Waals surface area contributed by atoms with Crippen molar-refractivity contribution in [2.24, 2.45) is 9.50 Å². The lowest BCUT2D eigenvalue weighted by Crippen LogP contribution is -2.23. The van der Waals surface area contributed by atoms with Crippen molar-refractivity contribution in [1.82, 2.24) is 4.98 Å². The van der Waals surface area contributed by atoms with Crippen LogP contribution in [0.1, 0.15) is 54.0 Å². The van der Waals surface area contributed by atoms with Crippen molar-refractivity contribution in [2.75, 3.05) is 5.32 Å². The van der Waals surface area contributed by atoms with Crippen molar-refractivity contribution in [3.63, 3.8) is 0 Å². The second-order valence-electron chi connectivity index (χ2n) is 8.44. The molecule has 0 saturated carbocycles. The number of aromatic nitrogens is 1. The minimum absolute atomic E-state index is 0.131. The number of aliphatic hydroxyl groups is 2. The van der Waals surface area contributed by atoms with Gasteiger partial charge in [0.25, 0.3) is 0 Å². The van der Waals surface area contributed by atoms with Crippen molar-refractivity contribution < 1.29 is 27.9 Å². The van der Waals surface area contributed by atoms with Crippen LogP contribution in [0, 0.1) is 0 Å². The zero-order chi connectivity index (χ0) is 23.3. The van der Waals surface area contributed by atoms with Crippen molar-refractivity contribution >= 4 is 26.9 Å². The number of alkyl halides is 2. The quantitative estimate of drug-likeness (QED) is 0.443. The summed E-state index contributed by atoms with van der Waals surface area (Å²) in [5.41, 5.74) is 2.51. The standard InChI is InChI=1S/C20H26F2N4O4S2/c1-20(2,28)17-24-9-14(31-17)32(23,29)26-19(27)25-15-10-5-3-7-12(10)16(30-18(21)22)13-8-4-6-11(13)15/h9,18-19,25,27-28H,3-8H2,1-2H3,(H2,23,26,29)/t19?,32-/m0/s1. The molecule has 176 valence electrons. The van der Waals surface area contributed by atoms with Crippen LogP contribution in [-0.4, -0.2) is 32.4 Å². The molecule has 2 aliphatic carbocycles. The fourth-order valence-electron chi connectivity index (χ4n) is 4.34. The highest BCUT2D eigenvalue weighted by atomic mass is 32.2. The molecular weight excluding hydrogens is 462 g/mol. The fourth-order valence-corrected chi connectivity index (χ4v) is 6.49. The Kier molecular flexibility index (Phi) is 6.18. The minimum atomic E-state index is -3.49. The lowest BCUT2D eigenvalue weighted by atomic mass is 9.97. The zero-order valence-corrected chi connectivity index (χ0v) is 19.4. The van der Waals surface area contributed by atoms with Gasteiger partial charge >= 0.3 is 6.61 Å². The van der Waals surface area contributed by atoms with E-state index in [0.717, 1.165) is 46.4 Å². The van der Waals surface area contributed by atoms with Crippen LogP contribution < -0.4 is 15.2 Å². The van der Waals surface area contributed by atoms with Crippen LogP contribution in [-0.2, 0) is 41.2 Å². The molecule has 0 radical (unpaired) electrons. The Balaban J connectivity index is 1.68. The van der Waals surface area contributed by atoms with Crippen molar-refractivity contribution in [3.05, 3.63) is 33.5 Å². The molecule has 4 rings (SSSR count). The van der Waals surface area contributed by atoms with Crippen LogP contribution in [0.3, 0.4) is 0 Å². The molecule has 2 aliphatic rings. The Morgan fingerprint density at radius 1 is 1.22 bits per heavy atom. The van der Waals surface area contributed by atoms with Crippen LogP contribution in [0.2, 0.25) is 0 Å². The van der Waals surface area contributed by atoms with E-state index in [2.05, 4.69) is 14.7 Å². The lowest BCUT2D eigenvalue weighted by molar-refractivity contribution is -0.0509. The van der Waals surface area contributed by atoms with E-state index in [4.69, 9.17) is 9.88 Å². The monoisotopic (exact) mass is 488 g/mol. The molecular formula is C20H26F2N4O4S2. The summed E-state index contributed by atoms with van der Waals surface area (Å²) in [6.07, 6.45) is 3.79. The Morgan fingerprint density at radius 2 is 1.78 bits per heavy atom. The number of aliphatic hydroxyl groups excluding tert-OH is 1. The number of benzene rings is 1. The van der Waals surface area contributed by atoms with Gasteiger partial charge in [-0.1, -0.05) is 0 Å². The largest absolute Gasteiger partial charge is 0.434 e. The second kappa shape index (κ2) is 8.49. The summed E-state index contributed by atoms with van der Waals surface area (Å²) in [6, 6.07) is 0. The van der Waals surface area contributed by atoms with Crippen LogP contribution >= 0.6 is 11.3 Å². The number of anilines is 1. The van der Waals surface area contributed by atoms with E-state index in [1.165, 1.54) is 6.20 Å². The van der Waals surface area contributed by atoms with E-state index in [-0.39, 0.29) is 9.96 Å². The molecule has 0 spiro atoms. The molecule has 12 heteroatoms. The number of fused-ring (bicyclic) bond motifs is 2. The van der Waals surface area contributed by atoms with Crippen LogP contribution in [0.4, 0.5) is 14.5 Å². The molecule has 8 nitrogen and oxygen atoms in total. The number of rotatable bonds is 7. The summed E-state index contributed by atoms with van der Waals surface area (Å²) >= 11 is 0.961. The first-order valence-corrected chi connectivity index (χ1v) is 12.7. The summed E-state index contributed by atoms with van der Waals surface area (Å²) in [4.78, 5) is 4.04. The van der Waals surface area contributed by atoms with Crippen molar-refractivity contribution in [2.45, 2.75) is 75.1 Å². The van der Waals surface area contributed by atoms with E-state index < -0.39 is 28.5 Å². The summed E-state index contributed by atoms with van der Waals surface area (Å²) < 4.78 is 47.9. The molecule has 2 atom stereocenters. The summed E-state index contributed by atoms with van der Waals surface area (Å²) in [5.74, 6) is 0.267. The van der Waals surface area contributed by atoms with Gasteiger partial charge in [0.05, 0.1) is 6.20 Å². The molecule has 1 aromatic carbocycles. The van der Waals surface area contributed by atoms with Crippen molar-refractivity contribution in [1.29, 1.82) is 0 Å². The van der Waals surface area contributed by atoms with E-state index >= 15 is 0 Å². The van der Waals surface area contributed by atoms with E-state index in [1.807, 2.05) is 0 Å². The van der Waals surface area contributed by atoms with Gasteiger partial charge in [0.2, 0.25) is 6.35 Å². The molecule has 0 saturated heterocycles. The van der Waals surface area contributed by atoms with E-state index in [1.54, 1.807) is 13.8 Å². The third-order valence-electron chi connectivity index (χ3n) is 5.62. The van der Waals surface area contributed by atoms with Crippen LogP contribution in [0.15, 0.2) is 14.8 Å². The van der Waals surface area contributed by atoms with Gasteiger partial charge in [-0.3, -0.25) is 0 Å². The molecule has 5 N–H and O–H groups in total. The first-order valence-electron chi connectivity index (χ1n) is 10.3. The predicted molar refractivity (Wildman–Crippen MR) is 117 cm³/mol. The lowest BCUT2D eigenvalue weighted by Gasteiger charge is -2.22. The highest BCUT2D eigenvalue weighted by molar-refractivity contribution is 7.93. The number of hydrogen-bond donors (Lipinski definition) is 4. The highest BCUT2D eigenvalue weighted by Gasteiger charge is 2.32. The molecule has 0 aliphatic heterocycles. The minimum Gasteiger partial charge on any atom is -0.434 e. The maximum absolute atomic E-state index is 13.0. The van der Waals surface area contributed by atoms with E-state index in [9.17, 15) is 23.2 Å². The topological polar surface area (TPSA) is 130 Å². The van der Waals surface area contributed by atoms with Crippen molar-refractivity contribution in [3.8, 4) is 5.75 Å². The normalized spacial score (nSPS) is 18.2. The Hall–Kier alpha value is -1.86. The number of nitrogens with one attached hydrogen (secondary N) is 1. The number of thiazole rings is 1. The summed E-state index contributed by atoms with van der Waals surface area (Å²) in [7, 11) is -3.49. The van der Waals surface area contributed by atoms with Gasteiger partial charge in [-0.05, 0) is 74.6 Å². The molecule has 32 heavy (non-hydrogen) atoms. The van der Waals surface area contributed by atoms with Gasteiger partial charge in [-0.15, -0.1) is 11.3 Å². The maximum Gasteiger partial charge on any atom is 0.387 e. The molecule has 2 aromatic rings. The first kappa shape index (κ1) is 23.3. The second-order valence-corrected chi connectivity index (χ2v) is 11.5. The Bertz CT molecular complexity index is 1120. The van der Waals surface area contributed by atoms with Gasteiger partial charge in [0.1, 0.15) is 30.5 Å². The number of hydrogen-bond acceptors (Lipinski definition) is 8. The molecule has 1 aromatic heterocycles. The molecule has 1 unspecified atom stereocenters. The number of ether oxygens (including phenoxy) is 1. The third-order valence-corrected chi connectivity index (χ3v) is 8.89. The fraction of sp³-hybridized carbons (Fsp3) is 0.550. The van der Waals surface area contributed by atoms with Gasteiger partial charge in [-0.25, -0.2) is 14.3 Å². The van der Waals surface area contributed by atoms with Gasteiger partial charge in [0.15, 0.2) is 0 Å². The zero-order valence-electron chi connectivity index (χ0n) is 17.7. The average Bonchev–Trinajstić information content (AvgIpc) is 3.43. The van der Waals surface area contributed by atoms with Gasteiger partial charge in [0, 0.05) is 5.69 Å².